The third-order valence-corrected chi connectivity index (χ3v) is 5.42. The zero-order chi connectivity index (χ0) is 23.8. The van der Waals surface area contributed by atoms with Crippen molar-refractivity contribution in [2.24, 2.45) is 5.10 Å². The first-order chi connectivity index (χ1) is 15.9. The van der Waals surface area contributed by atoms with Gasteiger partial charge in [-0.3, -0.25) is 4.79 Å². The molecule has 0 heterocycles. The predicted molar refractivity (Wildman–Crippen MR) is 130 cm³/mol. The second kappa shape index (κ2) is 11.7. The molecular weight excluding hydrogens is 535 g/mol. The van der Waals surface area contributed by atoms with Gasteiger partial charge in [0.1, 0.15) is 10.8 Å². The van der Waals surface area contributed by atoms with Crippen LogP contribution in [0.15, 0.2) is 70.2 Å². The molecule has 3 aromatic carbocycles. The molecule has 0 atom stereocenters. The second-order valence-electron chi connectivity index (χ2n) is 6.44. The van der Waals surface area contributed by atoms with Gasteiger partial charge in [0.15, 0.2) is 18.1 Å². The molecular formula is C23H17BrCl2N2O5. The summed E-state index contributed by atoms with van der Waals surface area (Å²) >= 11 is 15.2. The third kappa shape index (κ3) is 6.95. The van der Waals surface area contributed by atoms with Gasteiger partial charge in [-0.15, -0.1) is 0 Å². The van der Waals surface area contributed by atoms with Gasteiger partial charge in [-0.2, -0.15) is 5.10 Å². The van der Waals surface area contributed by atoms with E-state index in [-0.39, 0.29) is 17.4 Å². The average molecular weight is 552 g/mol. The lowest BCUT2D eigenvalue weighted by molar-refractivity contribution is -0.123. The maximum atomic E-state index is 12.4. The van der Waals surface area contributed by atoms with Crippen molar-refractivity contribution >= 4 is 57.2 Å². The van der Waals surface area contributed by atoms with Crippen molar-refractivity contribution in [1.29, 1.82) is 0 Å². The molecule has 0 spiro atoms. The fourth-order valence-electron chi connectivity index (χ4n) is 2.57. The highest BCUT2D eigenvalue weighted by Gasteiger charge is 2.13. The van der Waals surface area contributed by atoms with E-state index in [0.717, 1.165) is 4.47 Å². The quantitative estimate of drug-likeness (QED) is 0.172. The van der Waals surface area contributed by atoms with Crippen LogP contribution in [0.3, 0.4) is 0 Å². The number of amides is 1. The van der Waals surface area contributed by atoms with Gasteiger partial charge in [0.05, 0.1) is 23.9 Å². The van der Waals surface area contributed by atoms with Crippen LogP contribution < -0.4 is 19.6 Å². The molecule has 0 aliphatic carbocycles. The molecule has 33 heavy (non-hydrogen) atoms. The summed E-state index contributed by atoms with van der Waals surface area (Å²) in [5.41, 5.74) is 3.34. The number of ether oxygens (including phenoxy) is 3. The lowest BCUT2D eigenvalue weighted by Crippen LogP contribution is -2.24. The summed E-state index contributed by atoms with van der Waals surface area (Å²) in [6.07, 6.45) is 1.41. The number of nitrogens with one attached hydrogen (secondary N) is 1. The number of hydrazone groups is 1. The number of halogens is 3. The van der Waals surface area contributed by atoms with Gasteiger partial charge in [-0.25, -0.2) is 10.2 Å². The van der Waals surface area contributed by atoms with Crippen LogP contribution in [0, 0.1) is 0 Å². The molecule has 0 radical (unpaired) electrons. The summed E-state index contributed by atoms with van der Waals surface area (Å²) in [7, 11) is 1.45. The second-order valence-corrected chi connectivity index (χ2v) is 8.14. The number of methoxy groups -OCH3 is 1. The van der Waals surface area contributed by atoms with Gasteiger partial charge in [0.2, 0.25) is 0 Å². The lowest BCUT2D eigenvalue weighted by atomic mass is 10.2. The molecule has 3 aromatic rings. The van der Waals surface area contributed by atoms with Crippen molar-refractivity contribution in [3.63, 3.8) is 0 Å². The van der Waals surface area contributed by atoms with E-state index in [1.54, 1.807) is 54.6 Å². The van der Waals surface area contributed by atoms with Gasteiger partial charge in [0, 0.05) is 4.47 Å². The normalized spacial score (nSPS) is 10.7. The molecule has 0 aliphatic heterocycles. The first-order valence-corrected chi connectivity index (χ1v) is 11.0. The van der Waals surface area contributed by atoms with E-state index >= 15 is 0 Å². The molecule has 0 saturated heterocycles. The fourth-order valence-corrected chi connectivity index (χ4v) is 3.32. The molecule has 0 aromatic heterocycles. The predicted octanol–water partition coefficient (Wildman–Crippen LogP) is 5.51. The Morgan fingerprint density at radius 1 is 1.03 bits per heavy atom. The largest absolute Gasteiger partial charge is 0.493 e. The van der Waals surface area contributed by atoms with Crippen LogP contribution in [0.25, 0.3) is 0 Å². The van der Waals surface area contributed by atoms with Crippen molar-refractivity contribution in [2.75, 3.05) is 13.7 Å². The Labute approximate surface area is 208 Å². The standard InChI is InChI=1S/C23H17BrCl2N2O5/c1-31-20-10-14(8-9-18(20)33-23(30)15-4-2-5-16(24)11-15)12-27-28-21(29)13-32-19-7-3-6-17(25)22(19)26/h2-12H,13H2,1H3,(H,28,29)/b27-12-. The van der Waals surface area contributed by atoms with Crippen molar-refractivity contribution < 1.29 is 23.8 Å². The Kier molecular flexibility index (Phi) is 8.71. The van der Waals surface area contributed by atoms with Crippen molar-refractivity contribution in [1.82, 2.24) is 5.43 Å². The minimum absolute atomic E-state index is 0.225. The van der Waals surface area contributed by atoms with Crippen molar-refractivity contribution in [2.45, 2.75) is 0 Å². The zero-order valence-corrected chi connectivity index (χ0v) is 20.3. The monoisotopic (exact) mass is 550 g/mol. The SMILES string of the molecule is COc1cc(/C=N\NC(=O)COc2cccc(Cl)c2Cl)ccc1OC(=O)c1cccc(Br)c1. The maximum Gasteiger partial charge on any atom is 0.343 e. The minimum atomic E-state index is -0.525. The van der Waals surface area contributed by atoms with Gasteiger partial charge in [-0.1, -0.05) is 51.3 Å². The smallest absolute Gasteiger partial charge is 0.343 e. The van der Waals surface area contributed by atoms with Crippen LogP contribution in [0.4, 0.5) is 0 Å². The van der Waals surface area contributed by atoms with Gasteiger partial charge in [0.25, 0.3) is 5.91 Å². The molecule has 10 heteroatoms. The summed E-state index contributed by atoms with van der Waals surface area (Å²) in [5.74, 6) is -0.152. The van der Waals surface area contributed by atoms with E-state index in [1.165, 1.54) is 13.3 Å². The fraction of sp³-hybridized carbons (Fsp3) is 0.0870. The van der Waals surface area contributed by atoms with Gasteiger partial charge >= 0.3 is 5.97 Å². The van der Waals surface area contributed by atoms with Crippen molar-refractivity contribution in [3.8, 4) is 17.2 Å². The van der Waals surface area contributed by atoms with E-state index in [9.17, 15) is 9.59 Å². The molecule has 0 bridgehead atoms. The number of carbonyl (C=O) groups excluding carboxylic acids is 2. The highest BCUT2D eigenvalue weighted by atomic mass is 79.9. The van der Waals surface area contributed by atoms with E-state index in [4.69, 9.17) is 37.4 Å². The highest BCUT2D eigenvalue weighted by Crippen LogP contribution is 2.31. The Bertz CT molecular complexity index is 1200. The molecule has 170 valence electrons. The third-order valence-electron chi connectivity index (χ3n) is 4.13. The topological polar surface area (TPSA) is 86.2 Å². The number of esters is 1. The van der Waals surface area contributed by atoms with Crippen molar-refractivity contribution in [3.05, 3.63) is 86.3 Å². The Morgan fingerprint density at radius 3 is 2.58 bits per heavy atom. The van der Waals surface area contributed by atoms with E-state index in [0.29, 0.717) is 27.6 Å². The molecule has 0 saturated carbocycles. The highest BCUT2D eigenvalue weighted by molar-refractivity contribution is 9.10. The summed E-state index contributed by atoms with van der Waals surface area (Å²) < 4.78 is 16.8. The Balaban J connectivity index is 1.58. The number of rotatable bonds is 8. The van der Waals surface area contributed by atoms with Crippen LogP contribution in [0.2, 0.25) is 10.0 Å². The van der Waals surface area contributed by atoms with Crippen LogP contribution >= 0.6 is 39.1 Å². The number of hydrogen-bond acceptors (Lipinski definition) is 6. The number of nitrogens with zero attached hydrogens (tertiary/aromatic N) is 1. The van der Waals surface area contributed by atoms with Gasteiger partial charge in [-0.05, 0) is 54.1 Å². The summed E-state index contributed by atoms with van der Waals surface area (Å²) in [6, 6.07) is 16.6. The lowest BCUT2D eigenvalue weighted by Gasteiger charge is -2.10. The first kappa shape index (κ1) is 24.6. The van der Waals surface area contributed by atoms with Gasteiger partial charge < -0.3 is 14.2 Å². The van der Waals surface area contributed by atoms with E-state index < -0.39 is 11.9 Å². The molecule has 0 fully saturated rings. The molecule has 7 nitrogen and oxygen atoms in total. The molecule has 1 N–H and O–H groups in total. The van der Waals surface area contributed by atoms with Crippen LogP contribution in [-0.4, -0.2) is 31.8 Å². The number of hydrogen-bond donors (Lipinski definition) is 1. The molecule has 0 unspecified atom stereocenters. The number of carbonyl (C=O) groups is 2. The zero-order valence-electron chi connectivity index (χ0n) is 17.2. The minimum Gasteiger partial charge on any atom is -0.493 e. The van der Waals surface area contributed by atoms with Crippen LogP contribution in [0.1, 0.15) is 15.9 Å². The molecule has 1 amide bonds. The Morgan fingerprint density at radius 2 is 1.82 bits per heavy atom. The number of benzene rings is 3. The van der Waals surface area contributed by atoms with E-state index in [1.807, 2.05) is 6.07 Å². The molecule has 0 aliphatic rings. The first-order valence-electron chi connectivity index (χ1n) is 9.42. The summed E-state index contributed by atoms with van der Waals surface area (Å²) in [6.45, 7) is -0.300. The van der Waals surface area contributed by atoms with Crippen LogP contribution in [-0.2, 0) is 4.79 Å². The maximum absolute atomic E-state index is 12.4. The summed E-state index contributed by atoms with van der Waals surface area (Å²) in [4.78, 5) is 24.3. The van der Waals surface area contributed by atoms with Crippen LogP contribution in [0.5, 0.6) is 17.2 Å². The Hall–Kier alpha value is -3.07. The van der Waals surface area contributed by atoms with E-state index in [2.05, 4.69) is 26.5 Å². The average Bonchev–Trinajstić information content (AvgIpc) is 2.80. The molecule has 3 rings (SSSR count). The summed E-state index contributed by atoms with van der Waals surface area (Å²) in [5, 5.41) is 4.44.